The van der Waals surface area contributed by atoms with Crippen LogP contribution in [0.25, 0.3) is 11.0 Å². The van der Waals surface area contributed by atoms with Crippen LogP contribution < -0.4 is 5.32 Å². The normalized spacial score (nSPS) is 11.0. The van der Waals surface area contributed by atoms with E-state index in [0.29, 0.717) is 0 Å². The fourth-order valence-electron chi connectivity index (χ4n) is 2.91. The number of aryl methyl sites for hydroxylation is 1. The Hall–Kier alpha value is -2.29. The molecular formula is C20H25N3. The fourth-order valence-corrected chi connectivity index (χ4v) is 2.91. The summed E-state index contributed by atoms with van der Waals surface area (Å²) in [7, 11) is 0. The van der Waals surface area contributed by atoms with Crippen molar-refractivity contribution in [3.8, 4) is 0 Å². The standard InChI is InChI=1S/C20H25N3/c1-2-3-4-10-15-23-19-14-9-8-13-18(19)22-20(23)21-16-17-11-6-5-7-12-17/h5-9,11-14H,2-4,10,15-16H2,1H3,(H,21,22). The number of nitrogens with one attached hydrogen (secondary N) is 1. The molecule has 0 aliphatic rings. The van der Waals surface area contributed by atoms with Crippen LogP contribution in [0.2, 0.25) is 0 Å². The van der Waals surface area contributed by atoms with Gasteiger partial charge in [-0.25, -0.2) is 4.98 Å². The highest BCUT2D eigenvalue weighted by Gasteiger charge is 2.09. The van der Waals surface area contributed by atoms with E-state index in [-0.39, 0.29) is 0 Å². The van der Waals surface area contributed by atoms with Crippen molar-refractivity contribution in [2.75, 3.05) is 5.32 Å². The van der Waals surface area contributed by atoms with Gasteiger partial charge < -0.3 is 9.88 Å². The largest absolute Gasteiger partial charge is 0.352 e. The summed E-state index contributed by atoms with van der Waals surface area (Å²) < 4.78 is 2.33. The van der Waals surface area contributed by atoms with Crippen LogP contribution in [0.5, 0.6) is 0 Å². The number of hydrogen-bond donors (Lipinski definition) is 1. The molecular weight excluding hydrogens is 282 g/mol. The van der Waals surface area contributed by atoms with Crippen molar-refractivity contribution in [2.45, 2.75) is 45.7 Å². The lowest BCUT2D eigenvalue weighted by molar-refractivity contribution is 0.593. The minimum absolute atomic E-state index is 0.805. The molecule has 120 valence electrons. The molecule has 0 amide bonds. The monoisotopic (exact) mass is 307 g/mol. The molecule has 0 aliphatic carbocycles. The molecule has 3 heteroatoms. The third-order valence-electron chi connectivity index (χ3n) is 4.18. The maximum Gasteiger partial charge on any atom is 0.204 e. The van der Waals surface area contributed by atoms with Crippen molar-refractivity contribution in [1.29, 1.82) is 0 Å². The van der Waals surface area contributed by atoms with Gasteiger partial charge in [0, 0.05) is 13.1 Å². The second kappa shape index (κ2) is 7.82. The number of fused-ring (bicyclic) bond motifs is 1. The molecule has 3 nitrogen and oxygen atoms in total. The first-order chi connectivity index (χ1) is 11.4. The first-order valence-corrected chi connectivity index (χ1v) is 8.61. The first kappa shape index (κ1) is 15.6. The number of rotatable bonds is 8. The summed E-state index contributed by atoms with van der Waals surface area (Å²) in [5.41, 5.74) is 3.57. The van der Waals surface area contributed by atoms with Crippen LogP contribution in [-0.2, 0) is 13.1 Å². The van der Waals surface area contributed by atoms with Crippen molar-refractivity contribution in [2.24, 2.45) is 0 Å². The molecule has 0 radical (unpaired) electrons. The fraction of sp³-hybridized carbons (Fsp3) is 0.350. The third kappa shape index (κ3) is 3.92. The molecule has 1 aromatic heterocycles. The number of aromatic nitrogens is 2. The first-order valence-electron chi connectivity index (χ1n) is 8.61. The van der Waals surface area contributed by atoms with E-state index in [1.165, 1.54) is 36.8 Å². The van der Waals surface area contributed by atoms with Gasteiger partial charge in [-0.3, -0.25) is 0 Å². The predicted octanol–water partition coefficient (Wildman–Crippen LogP) is 5.23. The summed E-state index contributed by atoms with van der Waals surface area (Å²) in [6.07, 6.45) is 5.05. The smallest absolute Gasteiger partial charge is 0.204 e. The van der Waals surface area contributed by atoms with E-state index in [0.717, 1.165) is 24.6 Å². The van der Waals surface area contributed by atoms with E-state index in [1.54, 1.807) is 0 Å². The van der Waals surface area contributed by atoms with Gasteiger partial charge in [0.25, 0.3) is 0 Å². The minimum Gasteiger partial charge on any atom is -0.352 e. The van der Waals surface area contributed by atoms with Gasteiger partial charge in [0.15, 0.2) is 0 Å². The minimum atomic E-state index is 0.805. The number of unbranched alkanes of at least 4 members (excludes halogenated alkanes) is 3. The molecule has 3 rings (SSSR count). The molecule has 0 saturated carbocycles. The number of benzene rings is 2. The Balaban J connectivity index is 1.77. The molecule has 0 fully saturated rings. The zero-order chi connectivity index (χ0) is 15.9. The van der Waals surface area contributed by atoms with E-state index in [4.69, 9.17) is 4.98 Å². The van der Waals surface area contributed by atoms with Gasteiger partial charge in [-0.15, -0.1) is 0 Å². The predicted molar refractivity (Wildman–Crippen MR) is 97.6 cm³/mol. The Labute approximate surface area is 138 Å². The van der Waals surface area contributed by atoms with Crippen LogP contribution in [0.15, 0.2) is 54.6 Å². The molecule has 3 aromatic rings. The molecule has 0 atom stereocenters. The number of hydrogen-bond acceptors (Lipinski definition) is 2. The number of imidazole rings is 1. The molecule has 0 aliphatic heterocycles. The highest BCUT2D eigenvalue weighted by molar-refractivity contribution is 5.78. The van der Waals surface area contributed by atoms with Crippen LogP contribution in [0.1, 0.15) is 38.2 Å². The molecule has 0 unspecified atom stereocenters. The average molecular weight is 307 g/mol. The van der Waals surface area contributed by atoms with Gasteiger partial charge in [-0.1, -0.05) is 68.7 Å². The van der Waals surface area contributed by atoms with Gasteiger partial charge in [-0.05, 0) is 24.1 Å². The van der Waals surface area contributed by atoms with Crippen LogP contribution in [0.3, 0.4) is 0 Å². The molecule has 1 N–H and O–H groups in total. The second-order valence-electron chi connectivity index (χ2n) is 5.98. The van der Waals surface area contributed by atoms with Crippen molar-refractivity contribution in [3.63, 3.8) is 0 Å². The molecule has 0 saturated heterocycles. The number of anilines is 1. The van der Waals surface area contributed by atoms with Gasteiger partial charge >= 0.3 is 0 Å². The van der Waals surface area contributed by atoms with Crippen LogP contribution >= 0.6 is 0 Å². The molecule has 0 spiro atoms. The van der Waals surface area contributed by atoms with Crippen LogP contribution in [0.4, 0.5) is 5.95 Å². The van der Waals surface area contributed by atoms with E-state index in [1.807, 2.05) is 6.07 Å². The van der Waals surface area contributed by atoms with Gasteiger partial charge in [0.05, 0.1) is 11.0 Å². The zero-order valence-electron chi connectivity index (χ0n) is 13.8. The summed E-state index contributed by atoms with van der Waals surface area (Å²) in [6.45, 7) is 4.08. The quantitative estimate of drug-likeness (QED) is 0.578. The van der Waals surface area contributed by atoms with Gasteiger partial charge in [-0.2, -0.15) is 0 Å². The van der Waals surface area contributed by atoms with Crippen molar-refractivity contribution < 1.29 is 0 Å². The summed E-state index contributed by atoms with van der Waals surface area (Å²) in [5.74, 6) is 0.978. The summed E-state index contributed by atoms with van der Waals surface area (Å²) in [5, 5.41) is 3.51. The average Bonchev–Trinajstić information content (AvgIpc) is 2.95. The molecule has 23 heavy (non-hydrogen) atoms. The SMILES string of the molecule is CCCCCCn1c(NCc2ccccc2)nc2ccccc21. The Kier molecular flexibility index (Phi) is 5.30. The maximum atomic E-state index is 4.78. The Bertz CT molecular complexity index is 731. The van der Waals surface area contributed by atoms with E-state index < -0.39 is 0 Å². The molecule has 1 heterocycles. The second-order valence-corrected chi connectivity index (χ2v) is 5.98. The van der Waals surface area contributed by atoms with Crippen molar-refractivity contribution in [1.82, 2.24) is 9.55 Å². The van der Waals surface area contributed by atoms with Gasteiger partial charge in [0.2, 0.25) is 5.95 Å². The topological polar surface area (TPSA) is 29.9 Å². The lowest BCUT2D eigenvalue weighted by Gasteiger charge is -2.11. The van der Waals surface area contributed by atoms with Gasteiger partial charge in [0.1, 0.15) is 0 Å². The highest BCUT2D eigenvalue weighted by atomic mass is 15.2. The number of nitrogens with zero attached hydrogens (tertiary/aromatic N) is 2. The lowest BCUT2D eigenvalue weighted by atomic mass is 10.2. The maximum absolute atomic E-state index is 4.78. The van der Waals surface area contributed by atoms with Crippen LogP contribution in [0, 0.1) is 0 Å². The molecule has 2 aromatic carbocycles. The van der Waals surface area contributed by atoms with Crippen molar-refractivity contribution >= 4 is 17.0 Å². The summed E-state index contributed by atoms with van der Waals surface area (Å²) in [6, 6.07) is 18.9. The Morgan fingerprint density at radius 3 is 2.52 bits per heavy atom. The highest BCUT2D eigenvalue weighted by Crippen LogP contribution is 2.21. The Morgan fingerprint density at radius 2 is 1.70 bits per heavy atom. The zero-order valence-corrected chi connectivity index (χ0v) is 13.8. The van der Waals surface area contributed by atoms with Crippen LogP contribution in [-0.4, -0.2) is 9.55 Å². The van der Waals surface area contributed by atoms with E-state index in [2.05, 4.69) is 65.3 Å². The number of para-hydroxylation sites is 2. The van der Waals surface area contributed by atoms with E-state index >= 15 is 0 Å². The summed E-state index contributed by atoms with van der Waals surface area (Å²) in [4.78, 5) is 4.78. The Morgan fingerprint density at radius 1 is 0.913 bits per heavy atom. The van der Waals surface area contributed by atoms with E-state index in [9.17, 15) is 0 Å². The lowest BCUT2D eigenvalue weighted by Crippen LogP contribution is -2.08. The van der Waals surface area contributed by atoms with Crippen molar-refractivity contribution in [3.05, 3.63) is 60.2 Å². The molecule has 0 bridgehead atoms. The summed E-state index contributed by atoms with van der Waals surface area (Å²) >= 11 is 0. The third-order valence-corrected chi connectivity index (χ3v) is 4.18.